The first-order chi connectivity index (χ1) is 7.41. The van der Waals surface area contributed by atoms with Gasteiger partial charge in [0.25, 0.3) is 0 Å². The first-order valence-electron chi connectivity index (χ1n) is 3.93. The molecule has 0 aromatic heterocycles. The molecular formula is C6H10BNaO9. The third-order valence-electron chi connectivity index (χ3n) is 0.732. The van der Waals surface area contributed by atoms with Crippen LogP contribution < -0.4 is 29.6 Å². The summed E-state index contributed by atoms with van der Waals surface area (Å²) in [5, 5.41) is 0. The van der Waals surface area contributed by atoms with Crippen LogP contribution in [0.1, 0.15) is 22.2 Å². The van der Waals surface area contributed by atoms with Gasteiger partial charge >= 0.3 is 54.8 Å². The van der Waals surface area contributed by atoms with Gasteiger partial charge in [0.05, 0.1) is 0 Å². The van der Waals surface area contributed by atoms with Gasteiger partial charge in [0.2, 0.25) is 0 Å². The quantitative estimate of drug-likeness (QED) is 0.274. The fourth-order valence-electron chi connectivity index (χ4n) is 0.369. The fourth-order valence-corrected chi connectivity index (χ4v) is 0.369. The van der Waals surface area contributed by atoms with E-state index >= 15 is 0 Å². The van der Waals surface area contributed by atoms with Crippen LogP contribution >= 0.6 is 0 Å². The smallest absolute Gasteiger partial charge is 1.00 e. The van der Waals surface area contributed by atoms with Gasteiger partial charge in [-0.1, -0.05) is 0 Å². The number of carbonyl (C=O) groups excluding carboxylic acids is 3. The molecular weight excluding hydrogens is 250 g/mol. The molecule has 0 rings (SSSR count). The second kappa shape index (κ2) is 10.5. The second-order valence-corrected chi connectivity index (χ2v) is 2.30. The number of rotatable bonds is 6. The van der Waals surface area contributed by atoms with E-state index < -0.39 is 25.2 Å². The van der Waals surface area contributed by atoms with Gasteiger partial charge in [-0.15, -0.1) is 0 Å². The summed E-state index contributed by atoms with van der Waals surface area (Å²) in [5.74, 6) is -2.45. The molecule has 9 nitrogen and oxygen atoms in total. The molecule has 0 aliphatic carbocycles. The van der Waals surface area contributed by atoms with E-state index in [0.717, 1.165) is 20.8 Å². The van der Waals surface area contributed by atoms with Gasteiger partial charge in [-0.3, -0.25) is 0 Å². The Morgan fingerprint density at radius 2 is 1.00 bits per heavy atom. The van der Waals surface area contributed by atoms with Crippen molar-refractivity contribution in [2.24, 2.45) is 0 Å². The van der Waals surface area contributed by atoms with E-state index in [9.17, 15) is 14.4 Å². The average molecular weight is 260 g/mol. The summed E-state index contributed by atoms with van der Waals surface area (Å²) in [5.41, 5.74) is 0. The largest absolute Gasteiger partial charge is 1.00 e. The molecule has 11 heteroatoms. The number of hydrogen-bond acceptors (Lipinski definition) is 9. The SMILES string of the molecule is CC(=O)OOB(OOC(C)=O)OOC(C)=O.[H-].[Na+]. The molecule has 0 radical (unpaired) electrons. The molecule has 0 aromatic carbocycles. The molecule has 92 valence electrons. The Balaban J connectivity index is -0.00000112. The fraction of sp³-hybridized carbons (Fsp3) is 0.500. The Hall–Kier alpha value is -0.645. The summed E-state index contributed by atoms with van der Waals surface area (Å²) in [6.45, 7) is 3.11. The molecule has 0 spiro atoms. The van der Waals surface area contributed by atoms with Crippen molar-refractivity contribution < 1.29 is 74.4 Å². The molecule has 0 atom stereocenters. The summed E-state index contributed by atoms with van der Waals surface area (Å²) in [6, 6.07) is 0. The van der Waals surface area contributed by atoms with Crippen molar-refractivity contribution >= 4 is 25.2 Å². The summed E-state index contributed by atoms with van der Waals surface area (Å²) >= 11 is 0. The molecule has 0 amide bonds. The van der Waals surface area contributed by atoms with Crippen molar-refractivity contribution in [2.75, 3.05) is 0 Å². The van der Waals surface area contributed by atoms with Crippen LogP contribution in [-0.4, -0.2) is 25.2 Å². The van der Waals surface area contributed by atoms with Gasteiger partial charge < -0.3 is 16.1 Å². The summed E-state index contributed by atoms with van der Waals surface area (Å²) < 4.78 is 0. The Kier molecular flexibility index (Phi) is 11.6. The van der Waals surface area contributed by atoms with E-state index in [4.69, 9.17) is 0 Å². The molecule has 0 aliphatic rings. The standard InChI is InChI=1S/C6H9BO9.Na.H/c1-4(8)11-14-7(15-12-5(2)9)16-13-6(3)10;;/h1-3H3;;/q;+1;-1. The Bertz CT molecular complexity index is 233. The maximum Gasteiger partial charge on any atom is 1.00 e. The van der Waals surface area contributed by atoms with Gasteiger partial charge in [-0.2, -0.15) is 14.4 Å². The van der Waals surface area contributed by atoms with Crippen molar-refractivity contribution in [3.63, 3.8) is 0 Å². The van der Waals surface area contributed by atoms with Crippen molar-refractivity contribution in [2.45, 2.75) is 20.8 Å². The van der Waals surface area contributed by atoms with Crippen molar-refractivity contribution in [3.05, 3.63) is 0 Å². The Labute approximate surface area is 120 Å². The van der Waals surface area contributed by atoms with E-state index in [1.807, 2.05) is 0 Å². The molecule has 0 saturated heterocycles. The molecule has 0 aromatic rings. The zero-order valence-corrected chi connectivity index (χ0v) is 11.8. The van der Waals surface area contributed by atoms with Crippen molar-refractivity contribution in [1.82, 2.24) is 0 Å². The van der Waals surface area contributed by atoms with E-state index in [0.29, 0.717) is 0 Å². The first-order valence-corrected chi connectivity index (χ1v) is 3.93. The van der Waals surface area contributed by atoms with Crippen LogP contribution in [0.3, 0.4) is 0 Å². The minimum atomic E-state index is -1.84. The molecule has 17 heavy (non-hydrogen) atoms. The number of hydrogen-bond donors (Lipinski definition) is 0. The summed E-state index contributed by atoms with van der Waals surface area (Å²) in [7, 11) is -1.84. The minimum Gasteiger partial charge on any atom is -1.00 e. The zero-order chi connectivity index (χ0) is 12.6. The predicted molar refractivity (Wildman–Crippen MR) is 45.4 cm³/mol. The first kappa shape index (κ1) is 18.7. The summed E-state index contributed by atoms with van der Waals surface area (Å²) in [6.07, 6.45) is 0. The Morgan fingerprint density at radius 3 is 1.18 bits per heavy atom. The topological polar surface area (TPSA) is 107 Å². The maximum atomic E-state index is 10.4. The van der Waals surface area contributed by atoms with Gasteiger partial charge in [0, 0.05) is 20.8 Å². The molecule has 0 aliphatic heterocycles. The molecule has 0 bridgehead atoms. The van der Waals surface area contributed by atoms with Crippen LogP contribution in [0.15, 0.2) is 0 Å². The van der Waals surface area contributed by atoms with E-state index in [-0.39, 0.29) is 31.0 Å². The summed E-state index contributed by atoms with van der Waals surface area (Å²) in [4.78, 5) is 55.5. The number of carbonyl (C=O) groups is 3. The average Bonchev–Trinajstić information content (AvgIpc) is 2.15. The molecule has 0 N–H and O–H groups in total. The van der Waals surface area contributed by atoms with Crippen LogP contribution in [0.25, 0.3) is 0 Å². The normalized spacial score (nSPS) is 8.65. The van der Waals surface area contributed by atoms with Crippen LogP contribution in [0.4, 0.5) is 0 Å². The second-order valence-electron chi connectivity index (χ2n) is 2.30. The minimum absolute atomic E-state index is 0. The van der Waals surface area contributed by atoms with Crippen molar-refractivity contribution in [3.8, 4) is 0 Å². The van der Waals surface area contributed by atoms with Crippen LogP contribution in [0, 0.1) is 0 Å². The monoisotopic (exact) mass is 260 g/mol. The van der Waals surface area contributed by atoms with E-state index in [1.54, 1.807) is 0 Å². The van der Waals surface area contributed by atoms with Crippen LogP contribution in [0.5, 0.6) is 0 Å². The van der Waals surface area contributed by atoms with Crippen LogP contribution in [0.2, 0.25) is 0 Å². The van der Waals surface area contributed by atoms with Gasteiger partial charge in [-0.05, 0) is 0 Å². The van der Waals surface area contributed by atoms with Crippen LogP contribution in [-0.2, 0) is 43.5 Å². The molecule has 0 unspecified atom stereocenters. The maximum absolute atomic E-state index is 10.4. The zero-order valence-electron chi connectivity index (χ0n) is 10.8. The van der Waals surface area contributed by atoms with Gasteiger partial charge in [0.15, 0.2) is 0 Å². The molecule has 0 saturated carbocycles. The third-order valence-corrected chi connectivity index (χ3v) is 0.732. The predicted octanol–water partition coefficient (Wildman–Crippen LogP) is -3.43. The Morgan fingerprint density at radius 1 is 0.765 bits per heavy atom. The van der Waals surface area contributed by atoms with Gasteiger partial charge in [-0.25, -0.2) is 14.4 Å². The van der Waals surface area contributed by atoms with E-state index in [2.05, 4.69) is 29.1 Å². The van der Waals surface area contributed by atoms with E-state index in [1.165, 1.54) is 0 Å². The molecule has 0 fully saturated rings. The third kappa shape index (κ3) is 13.3. The molecule has 0 heterocycles. The van der Waals surface area contributed by atoms with Crippen molar-refractivity contribution in [1.29, 1.82) is 0 Å². The van der Waals surface area contributed by atoms with Gasteiger partial charge in [0.1, 0.15) is 0 Å².